The number of methoxy groups -OCH3 is 1. The lowest BCUT2D eigenvalue weighted by molar-refractivity contribution is -0.384. The number of amides is 1. The van der Waals surface area contributed by atoms with E-state index < -0.39 is 10.8 Å². The summed E-state index contributed by atoms with van der Waals surface area (Å²) in [6.07, 6.45) is 0. The van der Waals surface area contributed by atoms with Gasteiger partial charge in [-0.1, -0.05) is 24.3 Å². The summed E-state index contributed by atoms with van der Waals surface area (Å²) in [7, 11) is 1.59. The molecule has 0 unspecified atom stereocenters. The first-order chi connectivity index (χ1) is 15.0. The topological polar surface area (TPSA) is 103 Å². The second-order valence-corrected chi connectivity index (χ2v) is 6.75. The van der Waals surface area contributed by atoms with Crippen LogP contribution in [0.2, 0.25) is 0 Å². The van der Waals surface area contributed by atoms with Gasteiger partial charge in [-0.25, -0.2) is 0 Å². The zero-order chi connectivity index (χ0) is 22.2. The van der Waals surface area contributed by atoms with E-state index in [4.69, 9.17) is 21.7 Å². The minimum atomic E-state index is -0.508. The van der Waals surface area contributed by atoms with Gasteiger partial charge in [0.15, 0.2) is 5.11 Å². The zero-order valence-corrected chi connectivity index (χ0v) is 17.3. The number of benzene rings is 3. The summed E-state index contributed by atoms with van der Waals surface area (Å²) in [5, 5.41) is 16.3. The van der Waals surface area contributed by atoms with Gasteiger partial charge in [-0.15, -0.1) is 0 Å². The van der Waals surface area contributed by atoms with Crippen molar-refractivity contribution in [1.82, 2.24) is 5.32 Å². The molecule has 0 fully saturated rings. The first-order valence-corrected chi connectivity index (χ1v) is 9.58. The predicted molar refractivity (Wildman–Crippen MR) is 121 cm³/mol. The average Bonchev–Trinajstić information content (AvgIpc) is 2.78. The molecule has 0 aliphatic carbocycles. The van der Waals surface area contributed by atoms with E-state index in [-0.39, 0.29) is 17.4 Å². The van der Waals surface area contributed by atoms with Gasteiger partial charge in [-0.05, 0) is 48.6 Å². The molecule has 0 heterocycles. The Labute approximate surface area is 184 Å². The summed E-state index contributed by atoms with van der Waals surface area (Å²) in [6.45, 7) is 0.182. The van der Waals surface area contributed by atoms with Crippen LogP contribution in [0.1, 0.15) is 15.9 Å². The van der Waals surface area contributed by atoms with Crippen LogP contribution in [0, 0.1) is 10.1 Å². The van der Waals surface area contributed by atoms with E-state index >= 15 is 0 Å². The molecule has 0 radical (unpaired) electrons. The molecule has 0 saturated heterocycles. The minimum absolute atomic E-state index is 0.0244. The number of thiocarbonyl (C=S) groups is 1. The molecule has 3 aromatic carbocycles. The summed E-state index contributed by atoms with van der Waals surface area (Å²) in [6, 6.07) is 20.0. The van der Waals surface area contributed by atoms with E-state index in [1.807, 2.05) is 6.07 Å². The molecule has 0 aromatic heterocycles. The number of non-ortho nitro benzene ring substituents is 1. The van der Waals surface area contributed by atoms with Crippen molar-refractivity contribution < 1.29 is 19.2 Å². The smallest absolute Gasteiger partial charge is 0.271 e. The van der Waals surface area contributed by atoms with Gasteiger partial charge in [-0.2, -0.15) is 0 Å². The summed E-state index contributed by atoms with van der Waals surface area (Å²) in [4.78, 5) is 23.1. The molecular weight excluding hydrogens is 418 g/mol. The van der Waals surface area contributed by atoms with Crippen molar-refractivity contribution in [2.45, 2.75) is 6.61 Å². The monoisotopic (exact) mass is 437 g/mol. The van der Waals surface area contributed by atoms with Crippen molar-refractivity contribution in [3.05, 3.63) is 94.0 Å². The quantitative estimate of drug-likeness (QED) is 0.323. The fourth-order valence-electron chi connectivity index (χ4n) is 2.73. The number of rotatable bonds is 7. The van der Waals surface area contributed by atoms with Crippen molar-refractivity contribution in [3.8, 4) is 11.5 Å². The molecular formula is C22H19N3O5S. The number of anilines is 1. The zero-order valence-electron chi connectivity index (χ0n) is 16.5. The van der Waals surface area contributed by atoms with Gasteiger partial charge in [0.25, 0.3) is 11.6 Å². The molecule has 0 saturated carbocycles. The number of nitrogens with zero attached hydrogens (tertiary/aromatic N) is 1. The van der Waals surface area contributed by atoms with Gasteiger partial charge in [0.1, 0.15) is 18.1 Å². The van der Waals surface area contributed by atoms with Crippen LogP contribution < -0.4 is 20.1 Å². The first kappa shape index (κ1) is 21.7. The molecule has 0 spiro atoms. The van der Waals surface area contributed by atoms with E-state index in [9.17, 15) is 14.9 Å². The molecule has 0 bridgehead atoms. The lowest BCUT2D eigenvalue weighted by Crippen LogP contribution is -2.34. The Morgan fingerprint density at radius 1 is 1.03 bits per heavy atom. The van der Waals surface area contributed by atoms with E-state index in [2.05, 4.69) is 10.6 Å². The number of nitro groups is 1. The Kier molecular flexibility index (Phi) is 7.13. The molecule has 0 atom stereocenters. The van der Waals surface area contributed by atoms with E-state index in [1.54, 1.807) is 55.6 Å². The first-order valence-electron chi connectivity index (χ1n) is 9.18. The normalized spacial score (nSPS) is 10.1. The van der Waals surface area contributed by atoms with Crippen LogP contribution in [0.15, 0.2) is 72.8 Å². The van der Waals surface area contributed by atoms with Crippen molar-refractivity contribution in [3.63, 3.8) is 0 Å². The Hall–Kier alpha value is -3.98. The number of nitrogens with one attached hydrogen (secondary N) is 2. The second kappa shape index (κ2) is 10.2. The van der Waals surface area contributed by atoms with Gasteiger partial charge in [-0.3, -0.25) is 20.2 Å². The molecule has 9 heteroatoms. The Morgan fingerprint density at radius 3 is 2.45 bits per heavy atom. The molecule has 0 aliphatic rings. The second-order valence-electron chi connectivity index (χ2n) is 6.34. The van der Waals surface area contributed by atoms with Crippen molar-refractivity contribution in [1.29, 1.82) is 0 Å². The largest absolute Gasteiger partial charge is 0.497 e. The predicted octanol–water partition coefficient (Wildman–Crippen LogP) is 4.31. The third-order valence-electron chi connectivity index (χ3n) is 4.26. The molecule has 0 aliphatic heterocycles. The van der Waals surface area contributed by atoms with Crippen LogP contribution in [0.5, 0.6) is 11.5 Å². The Morgan fingerprint density at radius 2 is 1.74 bits per heavy atom. The molecule has 3 rings (SSSR count). The lowest BCUT2D eigenvalue weighted by Gasteiger charge is -2.13. The number of hydrogen-bond donors (Lipinski definition) is 2. The molecule has 2 N–H and O–H groups in total. The van der Waals surface area contributed by atoms with Crippen LogP contribution in [-0.4, -0.2) is 23.1 Å². The fourth-order valence-corrected chi connectivity index (χ4v) is 2.94. The third-order valence-corrected chi connectivity index (χ3v) is 4.46. The third kappa shape index (κ3) is 6.00. The molecule has 31 heavy (non-hydrogen) atoms. The van der Waals surface area contributed by atoms with Gasteiger partial charge in [0.05, 0.1) is 12.0 Å². The van der Waals surface area contributed by atoms with Crippen molar-refractivity contribution in [2.75, 3.05) is 12.4 Å². The average molecular weight is 437 g/mol. The number of nitro benzene ring substituents is 1. The van der Waals surface area contributed by atoms with E-state index in [0.29, 0.717) is 22.6 Å². The van der Waals surface area contributed by atoms with Crippen LogP contribution in [-0.2, 0) is 6.61 Å². The maximum atomic E-state index is 12.7. The SMILES string of the molecule is COc1ccc(OCc2ccccc2C(=O)NC(=S)Nc2cccc([N+](=O)[O-])c2)cc1. The highest BCUT2D eigenvalue weighted by molar-refractivity contribution is 7.80. The van der Waals surface area contributed by atoms with Crippen molar-refractivity contribution >= 4 is 34.6 Å². The number of carbonyl (C=O) groups excluding carboxylic acids is 1. The minimum Gasteiger partial charge on any atom is -0.497 e. The summed E-state index contributed by atoms with van der Waals surface area (Å²) >= 11 is 5.17. The summed E-state index contributed by atoms with van der Waals surface area (Å²) in [5.74, 6) is 0.938. The van der Waals surface area contributed by atoms with Gasteiger partial charge >= 0.3 is 0 Å². The highest BCUT2D eigenvalue weighted by atomic mass is 32.1. The maximum absolute atomic E-state index is 12.7. The molecule has 3 aromatic rings. The number of carbonyl (C=O) groups is 1. The number of hydrogen-bond acceptors (Lipinski definition) is 6. The maximum Gasteiger partial charge on any atom is 0.271 e. The standard InChI is InChI=1S/C22H19N3O5S/c1-29-18-9-11-19(12-10-18)30-14-15-5-2-3-8-20(15)21(26)24-22(31)23-16-6-4-7-17(13-16)25(27)28/h2-13H,14H2,1H3,(H2,23,24,26,31). The van der Waals surface area contributed by atoms with Crippen LogP contribution in [0.3, 0.4) is 0 Å². The highest BCUT2D eigenvalue weighted by Gasteiger charge is 2.14. The summed E-state index contributed by atoms with van der Waals surface area (Å²) < 4.78 is 10.9. The van der Waals surface area contributed by atoms with Gasteiger partial charge in [0, 0.05) is 28.9 Å². The van der Waals surface area contributed by atoms with Gasteiger partial charge in [0.2, 0.25) is 0 Å². The summed E-state index contributed by atoms with van der Waals surface area (Å²) in [5.41, 5.74) is 1.39. The van der Waals surface area contributed by atoms with Crippen LogP contribution in [0.25, 0.3) is 0 Å². The van der Waals surface area contributed by atoms with E-state index in [0.717, 1.165) is 5.75 Å². The van der Waals surface area contributed by atoms with E-state index in [1.165, 1.54) is 18.2 Å². The molecule has 158 valence electrons. The van der Waals surface area contributed by atoms with Gasteiger partial charge < -0.3 is 14.8 Å². The molecule has 8 nitrogen and oxygen atoms in total. The van der Waals surface area contributed by atoms with Crippen LogP contribution in [0.4, 0.5) is 11.4 Å². The Balaban J connectivity index is 1.64. The fraction of sp³-hybridized carbons (Fsp3) is 0.0909. The number of ether oxygens (including phenoxy) is 2. The highest BCUT2D eigenvalue weighted by Crippen LogP contribution is 2.20. The van der Waals surface area contributed by atoms with Crippen molar-refractivity contribution in [2.24, 2.45) is 0 Å². The molecule has 1 amide bonds. The lowest BCUT2D eigenvalue weighted by atomic mass is 10.1. The Bertz CT molecular complexity index is 1100. The van der Waals surface area contributed by atoms with Crippen LogP contribution >= 0.6 is 12.2 Å².